The van der Waals surface area contributed by atoms with Crippen molar-refractivity contribution in [2.45, 2.75) is 16.7 Å². The molecule has 2 amide bonds. The smallest absolute Gasteiger partial charge is 0.337 e. The lowest BCUT2D eigenvalue weighted by Gasteiger charge is -2.13. The molecule has 17 heteroatoms. The van der Waals surface area contributed by atoms with Gasteiger partial charge in [0.25, 0.3) is 20.0 Å². The molecule has 0 aliphatic carbocycles. The zero-order valence-corrected chi connectivity index (χ0v) is 29.9. The van der Waals surface area contributed by atoms with Gasteiger partial charge < -0.3 is 30.7 Å². The number of methoxy groups -OCH3 is 1. The maximum Gasteiger partial charge on any atom is 0.337 e. The molecule has 0 bridgehead atoms. The molecule has 0 fully saturated rings. The van der Waals surface area contributed by atoms with Crippen molar-refractivity contribution in [3.8, 4) is 11.5 Å². The minimum Gasteiger partial charge on any atom is -0.507 e. The van der Waals surface area contributed by atoms with Crippen LogP contribution in [0.2, 0.25) is 0 Å². The van der Waals surface area contributed by atoms with Gasteiger partial charge in [0, 0.05) is 45.7 Å². The minimum atomic E-state index is -4.24. The van der Waals surface area contributed by atoms with Crippen LogP contribution in [0.15, 0.2) is 113 Å². The molecule has 0 unspecified atom stereocenters. The molecule has 0 atom stereocenters. The molecule has 15 nitrogen and oxygen atoms in total. The summed E-state index contributed by atoms with van der Waals surface area (Å²) in [7, 11) is -7.22. The molecule has 0 radical (unpaired) electrons. The van der Waals surface area contributed by atoms with Crippen LogP contribution in [-0.4, -0.2) is 57.2 Å². The van der Waals surface area contributed by atoms with Gasteiger partial charge in [0.15, 0.2) is 0 Å². The molecule has 7 N–H and O–H groups in total. The summed E-state index contributed by atoms with van der Waals surface area (Å²) in [5.41, 5.74) is 1.33. The quantitative estimate of drug-likeness (QED) is 0.0748. The van der Waals surface area contributed by atoms with Crippen molar-refractivity contribution in [2.75, 3.05) is 27.2 Å². The Kier molecular flexibility index (Phi) is 9.77. The zero-order valence-electron chi connectivity index (χ0n) is 28.2. The fraction of sp³-hybridized carbons (Fsp3) is 0.0541. The third kappa shape index (κ3) is 7.81. The van der Waals surface area contributed by atoms with Crippen LogP contribution in [0.25, 0.3) is 21.5 Å². The van der Waals surface area contributed by atoms with Gasteiger partial charge in [-0.25, -0.2) is 31.2 Å². The van der Waals surface area contributed by atoms with Crippen molar-refractivity contribution in [3.05, 3.63) is 120 Å². The second-order valence-electron chi connectivity index (χ2n) is 12.0. The van der Waals surface area contributed by atoms with Crippen molar-refractivity contribution in [1.29, 1.82) is 0 Å². The monoisotopic (exact) mass is 770 g/mol. The summed E-state index contributed by atoms with van der Waals surface area (Å²) in [5, 5.41) is 37.0. The van der Waals surface area contributed by atoms with Gasteiger partial charge in [0.1, 0.15) is 11.5 Å². The number of hydrogen-bond donors (Lipinski definition) is 7. The molecule has 6 aromatic rings. The molecule has 0 aromatic heterocycles. The van der Waals surface area contributed by atoms with Gasteiger partial charge >= 0.3 is 18.0 Å². The zero-order chi connectivity index (χ0) is 38.9. The molecular formula is C37H30N4O11S2. The second kappa shape index (κ2) is 14.3. The summed E-state index contributed by atoms with van der Waals surface area (Å²) in [6.45, 7) is 1.53. The lowest BCUT2D eigenvalue weighted by atomic mass is 10.1. The third-order valence-corrected chi connectivity index (χ3v) is 10.9. The molecule has 54 heavy (non-hydrogen) atoms. The predicted molar refractivity (Wildman–Crippen MR) is 201 cm³/mol. The van der Waals surface area contributed by atoms with E-state index in [9.17, 15) is 46.5 Å². The number of carbonyl (C=O) groups is 3. The van der Waals surface area contributed by atoms with Gasteiger partial charge in [0.05, 0.1) is 28.0 Å². The van der Waals surface area contributed by atoms with E-state index >= 15 is 0 Å². The van der Waals surface area contributed by atoms with Crippen molar-refractivity contribution in [1.82, 2.24) is 0 Å². The number of aromatic hydroxyl groups is 2. The number of aromatic carboxylic acids is 1. The number of phenols is 2. The fourth-order valence-corrected chi connectivity index (χ4v) is 7.81. The number of nitrogens with one attached hydrogen (secondary N) is 4. The van der Waals surface area contributed by atoms with E-state index in [-0.39, 0.29) is 65.9 Å². The number of phenolic OH excluding ortho intramolecular Hbond substituents is 2. The van der Waals surface area contributed by atoms with E-state index in [0.29, 0.717) is 16.3 Å². The van der Waals surface area contributed by atoms with Gasteiger partial charge in [-0.05, 0) is 114 Å². The number of benzene rings is 6. The number of rotatable bonds is 10. The Morgan fingerprint density at radius 2 is 1.06 bits per heavy atom. The number of sulfonamides is 2. The number of fused-ring (bicyclic) bond motifs is 2. The summed E-state index contributed by atoms with van der Waals surface area (Å²) >= 11 is 0. The number of carboxylic acids is 1. The highest BCUT2D eigenvalue weighted by molar-refractivity contribution is 7.93. The van der Waals surface area contributed by atoms with Crippen LogP contribution in [0.1, 0.15) is 26.3 Å². The number of hydrogen-bond acceptors (Lipinski definition) is 10. The third-order valence-electron chi connectivity index (χ3n) is 8.21. The summed E-state index contributed by atoms with van der Waals surface area (Å²) < 4.78 is 62.2. The molecule has 6 aromatic carbocycles. The van der Waals surface area contributed by atoms with Crippen LogP contribution in [0.5, 0.6) is 11.5 Å². The first kappa shape index (κ1) is 36.9. The van der Waals surface area contributed by atoms with Gasteiger partial charge in [-0.3, -0.25) is 9.44 Å². The number of carbonyl (C=O) groups excluding carboxylic acids is 2. The standard InChI is InChI=1S/C37H30N4O11S2/c1-20-13-27(9-10-30(20)35(44)45)41-54(50,51)29-17-23-15-26(8-12-32(23)34(43)19-29)39-37(47)38-25-7-11-31-22(14-25)16-28(18-33(31)42)53(48,49)40-24-5-3-21(4-6-24)36(46)52-2/h3-19,40-43H,1-2H3,(H,44,45)(H2,38,39,47). The predicted octanol–water partition coefficient (Wildman–Crippen LogP) is 6.44. The molecule has 0 saturated carbocycles. The molecule has 0 spiro atoms. The maximum atomic E-state index is 13.2. The average molecular weight is 771 g/mol. The molecule has 0 aliphatic heterocycles. The average Bonchev–Trinajstić information content (AvgIpc) is 3.10. The lowest BCUT2D eigenvalue weighted by Crippen LogP contribution is -2.19. The molecule has 6 rings (SSSR count). The Hall–Kier alpha value is -6.85. The highest BCUT2D eigenvalue weighted by Crippen LogP contribution is 2.33. The van der Waals surface area contributed by atoms with Crippen molar-refractivity contribution in [3.63, 3.8) is 0 Å². The van der Waals surface area contributed by atoms with Crippen LogP contribution in [-0.2, 0) is 24.8 Å². The number of anilines is 4. The van der Waals surface area contributed by atoms with E-state index in [2.05, 4.69) is 24.8 Å². The minimum absolute atomic E-state index is 0.0152. The van der Waals surface area contributed by atoms with E-state index < -0.39 is 38.0 Å². The number of carboxylic acid groups (broad SMARTS) is 1. The Morgan fingerprint density at radius 1 is 0.593 bits per heavy atom. The summed E-state index contributed by atoms with van der Waals surface area (Å²) in [5.74, 6) is -2.41. The number of amides is 2. The van der Waals surface area contributed by atoms with E-state index in [0.717, 1.165) is 12.1 Å². The molecule has 276 valence electrons. The SMILES string of the molecule is COC(=O)c1ccc(NS(=O)(=O)c2cc(O)c3ccc(NC(=O)Nc4ccc5c(O)cc(S(=O)(=O)Nc6ccc(C(=O)O)c(C)c6)cc5c4)cc3c2)cc1. The summed E-state index contributed by atoms with van der Waals surface area (Å²) in [4.78, 5) is 35.5. The first-order chi connectivity index (χ1) is 25.5. The topological polar surface area (TPSA) is 238 Å². The van der Waals surface area contributed by atoms with E-state index in [1.165, 1.54) is 105 Å². The lowest BCUT2D eigenvalue weighted by molar-refractivity contribution is 0.0599. The summed E-state index contributed by atoms with van der Waals surface area (Å²) in [6.07, 6.45) is 0. The first-order valence-electron chi connectivity index (χ1n) is 15.7. The second-order valence-corrected chi connectivity index (χ2v) is 15.3. The summed E-state index contributed by atoms with van der Waals surface area (Å²) in [6, 6.07) is 22.4. The normalized spacial score (nSPS) is 11.5. The van der Waals surface area contributed by atoms with Crippen LogP contribution >= 0.6 is 0 Å². The number of aryl methyl sites for hydroxylation is 1. The highest BCUT2D eigenvalue weighted by Gasteiger charge is 2.20. The van der Waals surface area contributed by atoms with Crippen molar-refractivity contribution in [2.24, 2.45) is 0 Å². The highest BCUT2D eigenvalue weighted by atomic mass is 32.2. The van der Waals surface area contributed by atoms with Crippen LogP contribution < -0.4 is 20.1 Å². The number of esters is 1. The Morgan fingerprint density at radius 3 is 1.52 bits per heavy atom. The fourth-order valence-electron chi connectivity index (χ4n) is 5.59. The Labute approximate surface area is 307 Å². The number of ether oxygens (including phenoxy) is 1. The largest absolute Gasteiger partial charge is 0.507 e. The molecule has 0 aliphatic rings. The van der Waals surface area contributed by atoms with Gasteiger partial charge in [-0.15, -0.1) is 0 Å². The van der Waals surface area contributed by atoms with Crippen LogP contribution in [0, 0.1) is 6.92 Å². The molecule has 0 heterocycles. The van der Waals surface area contributed by atoms with Crippen molar-refractivity contribution >= 4 is 82.3 Å². The number of urea groups is 1. The van der Waals surface area contributed by atoms with Gasteiger partial charge in [0.2, 0.25) is 0 Å². The van der Waals surface area contributed by atoms with E-state index in [4.69, 9.17) is 0 Å². The molecular weight excluding hydrogens is 741 g/mol. The Balaban J connectivity index is 1.19. The maximum absolute atomic E-state index is 13.2. The van der Waals surface area contributed by atoms with Crippen LogP contribution in [0.3, 0.4) is 0 Å². The first-order valence-corrected chi connectivity index (χ1v) is 18.7. The molecule has 0 saturated heterocycles. The van der Waals surface area contributed by atoms with E-state index in [1.807, 2.05) is 0 Å². The Bertz CT molecular complexity index is 2740. The van der Waals surface area contributed by atoms with E-state index in [1.54, 1.807) is 0 Å². The van der Waals surface area contributed by atoms with Gasteiger partial charge in [-0.2, -0.15) is 0 Å². The van der Waals surface area contributed by atoms with Gasteiger partial charge in [-0.1, -0.05) is 0 Å². The van der Waals surface area contributed by atoms with Crippen LogP contribution in [0.4, 0.5) is 27.5 Å². The van der Waals surface area contributed by atoms with Crippen molar-refractivity contribution < 1.29 is 51.3 Å².